The highest BCUT2D eigenvalue weighted by Crippen LogP contribution is 2.43. The van der Waals surface area contributed by atoms with Gasteiger partial charge in [0, 0.05) is 41.3 Å². The molecule has 1 heterocycles. The smallest absolute Gasteiger partial charge is 0.319 e. The van der Waals surface area contributed by atoms with Crippen molar-refractivity contribution in [2.45, 2.75) is 83.6 Å². The molecule has 0 spiro atoms. The third-order valence-corrected chi connectivity index (χ3v) is 8.57. The first kappa shape index (κ1) is 27.1. The first-order chi connectivity index (χ1) is 18.9. The number of amides is 2. The van der Waals surface area contributed by atoms with Crippen LogP contribution in [0.4, 0.5) is 10.5 Å². The molecule has 1 saturated carbocycles. The quantitative estimate of drug-likeness (QED) is 0.239. The molecule has 1 aliphatic carbocycles. The van der Waals surface area contributed by atoms with Crippen LogP contribution in [0, 0.1) is 0 Å². The van der Waals surface area contributed by atoms with Crippen molar-refractivity contribution in [3.8, 4) is 0 Å². The molecule has 3 aromatic carbocycles. The van der Waals surface area contributed by atoms with E-state index in [0.717, 1.165) is 25.1 Å². The summed E-state index contributed by atoms with van der Waals surface area (Å²) >= 11 is 0. The number of carbonyl (C=O) groups excluding carboxylic acids is 1. The predicted octanol–water partition coefficient (Wildman–Crippen LogP) is 8.96. The van der Waals surface area contributed by atoms with Gasteiger partial charge >= 0.3 is 6.03 Å². The van der Waals surface area contributed by atoms with Crippen LogP contribution in [0.15, 0.2) is 79.0 Å². The highest BCUT2D eigenvalue weighted by atomic mass is 16.2. The average Bonchev–Trinajstić information content (AvgIpc) is 3.32. The molecule has 0 aliphatic heterocycles. The number of hydrogen-bond acceptors (Lipinski definition) is 1. The number of benzene rings is 3. The Hall–Kier alpha value is -3.53. The minimum atomic E-state index is -0.108. The number of rotatable bonds is 8. The maximum atomic E-state index is 13.5. The van der Waals surface area contributed by atoms with Crippen molar-refractivity contribution in [3.05, 3.63) is 101 Å². The van der Waals surface area contributed by atoms with Gasteiger partial charge in [-0.2, -0.15) is 0 Å². The van der Waals surface area contributed by atoms with Gasteiger partial charge in [-0.25, -0.2) is 4.79 Å². The summed E-state index contributed by atoms with van der Waals surface area (Å²) in [5.74, 6) is 0.666. The molecule has 1 aliphatic rings. The number of carbonyl (C=O) groups is 1. The van der Waals surface area contributed by atoms with E-state index in [2.05, 4.69) is 122 Å². The molecular weight excluding hydrogens is 478 g/mol. The van der Waals surface area contributed by atoms with Crippen molar-refractivity contribution >= 4 is 22.6 Å². The first-order valence-electron chi connectivity index (χ1n) is 14.7. The molecule has 1 aromatic heterocycles. The van der Waals surface area contributed by atoms with Gasteiger partial charge in [0.15, 0.2) is 0 Å². The molecular formula is C35H43N3O. The largest absolute Gasteiger partial charge is 0.343 e. The Kier molecular flexibility index (Phi) is 8.11. The molecule has 2 amide bonds. The molecule has 39 heavy (non-hydrogen) atoms. The summed E-state index contributed by atoms with van der Waals surface area (Å²) in [5, 5.41) is 7.92. The van der Waals surface area contributed by atoms with Crippen molar-refractivity contribution in [3.63, 3.8) is 0 Å². The van der Waals surface area contributed by atoms with E-state index in [1.54, 1.807) is 0 Å². The topological polar surface area (TPSA) is 46.1 Å². The second-order valence-corrected chi connectivity index (χ2v) is 11.9. The van der Waals surface area contributed by atoms with E-state index in [1.807, 2.05) is 0 Å². The zero-order valence-corrected chi connectivity index (χ0v) is 24.0. The lowest BCUT2D eigenvalue weighted by Crippen LogP contribution is -2.43. The first-order valence-corrected chi connectivity index (χ1v) is 14.7. The van der Waals surface area contributed by atoms with Crippen molar-refractivity contribution in [1.29, 1.82) is 0 Å². The minimum Gasteiger partial charge on any atom is -0.343 e. The van der Waals surface area contributed by atoms with Crippen molar-refractivity contribution in [1.82, 2.24) is 9.88 Å². The Morgan fingerprint density at radius 3 is 2.13 bits per heavy atom. The zero-order chi connectivity index (χ0) is 27.4. The van der Waals surface area contributed by atoms with Crippen LogP contribution in [-0.4, -0.2) is 17.1 Å². The molecule has 0 bridgehead atoms. The molecule has 4 heteroatoms. The van der Waals surface area contributed by atoms with Crippen molar-refractivity contribution in [2.24, 2.45) is 0 Å². The number of aromatic nitrogens is 1. The van der Waals surface area contributed by atoms with Gasteiger partial charge in [0.05, 0.1) is 0 Å². The molecule has 4 aromatic rings. The summed E-state index contributed by atoms with van der Waals surface area (Å²) in [5.41, 5.74) is 7.20. The van der Waals surface area contributed by atoms with Crippen molar-refractivity contribution in [2.75, 3.05) is 11.9 Å². The van der Waals surface area contributed by atoms with Crippen LogP contribution in [0.2, 0.25) is 0 Å². The number of fused-ring (bicyclic) bond motifs is 1. The van der Waals surface area contributed by atoms with Gasteiger partial charge < -0.3 is 15.2 Å². The van der Waals surface area contributed by atoms with Crippen LogP contribution in [0.3, 0.4) is 0 Å². The molecule has 0 radical (unpaired) electrons. The van der Waals surface area contributed by atoms with Crippen LogP contribution in [-0.2, 0) is 12.0 Å². The summed E-state index contributed by atoms with van der Waals surface area (Å²) in [6, 6.07) is 25.7. The molecule has 204 valence electrons. The lowest BCUT2D eigenvalue weighted by molar-refractivity contribution is 0.240. The Morgan fingerprint density at radius 1 is 0.821 bits per heavy atom. The highest BCUT2D eigenvalue weighted by Gasteiger charge is 2.37. The summed E-state index contributed by atoms with van der Waals surface area (Å²) in [6.45, 7) is 10.2. The van der Waals surface area contributed by atoms with Gasteiger partial charge in [-0.05, 0) is 53.0 Å². The molecule has 0 saturated heterocycles. The predicted molar refractivity (Wildman–Crippen MR) is 164 cm³/mol. The summed E-state index contributed by atoms with van der Waals surface area (Å²) in [6.07, 6.45) is 8.19. The number of hydrogen-bond donors (Lipinski definition) is 2. The fraction of sp³-hybridized carbons (Fsp3) is 0.400. The van der Waals surface area contributed by atoms with E-state index in [-0.39, 0.29) is 11.4 Å². The Morgan fingerprint density at radius 2 is 1.46 bits per heavy atom. The van der Waals surface area contributed by atoms with Gasteiger partial charge in [-0.3, -0.25) is 0 Å². The van der Waals surface area contributed by atoms with Crippen LogP contribution < -0.4 is 10.6 Å². The summed E-state index contributed by atoms with van der Waals surface area (Å²) in [4.78, 5) is 13.5. The number of para-hydroxylation sites is 2. The molecule has 1 fully saturated rings. The van der Waals surface area contributed by atoms with E-state index < -0.39 is 0 Å². The minimum absolute atomic E-state index is 0.0738. The molecule has 4 nitrogen and oxygen atoms in total. The van der Waals surface area contributed by atoms with E-state index in [1.165, 1.54) is 52.4 Å². The lowest BCUT2D eigenvalue weighted by Gasteiger charge is -2.37. The van der Waals surface area contributed by atoms with Gasteiger partial charge in [0.2, 0.25) is 0 Å². The average molecular weight is 522 g/mol. The Bertz CT molecular complexity index is 1380. The van der Waals surface area contributed by atoms with Crippen LogP contribution >= 0.6 is 0 Å². The third kappa shape index (κ3) is 5.75. The van der Waals surface area contributed by atoms with Crippen molar-refractivity contribution < 1.29 is 4.79 Å². The third-order valence-electron chi connectivity index (χ3n) is 8.57. The highest BCUT2D eigenvalue weighted by molar-refractivity contribution is 5.92. The van der Waals surface area contributed by atoms with Crippen LogP contribution in [0.1, 0.15) is 93.9 Å². The monoisotopic (exact) mass is 521 g/mol. The van der Waals surface area contributed by atoms with Gasteiger partial charge in [0.25, 0.3) is 0 Å². The van der Waals surface area contributed by atoms with Crippen LogP contribution in [0.25, 0.3) is 10.9 Å². The summed E-state index contributed by atoms with van der Waals surface area (Å²) < 4.78 is 2.39. The fourth-order valence-electron chi connectivity index (χ4n) is 6.45. The molecule has 0 unspecified atom stereocenters. The number of urea groups is 1. The van der Waals surface area contributed by atoms with E-state index in [9.17, 15) is 4.79 Å². The SMILES string of the molecule is CC(C)c1cccc(C(C)C)c1NC(=O)NCC1(c2cn(Cc3ccccc3)c3ccccc23)CCCCC1. The molecule has 0 atom stereocenters. The fourth-order valence-corrected chi connectivity index (χ4v) is 6.45. The summed E-state index contributed by atoms with van der Waals surface area (Å²) in [7, 11) is 0. The lowest BCUT2D eigenvalue weighted by atomic mass is 9.69. The second kappa shape index (κ2) is 11.7. The Balaban J connectivity index is 1.44. The second-order valence-electron chi connectivity index (χ2n) is 11.9. The van der Waals surface area contributed by atoms with Gasteiger partial charge in [-0.15, -0.1) is 0 Å². The number of anilines is 1. The van der Waals surface area contributed by atoms with E-state index in [0.29, 0.717) is 18.4 Å². The van der Waals surface area contributed by atoms with Gasteiger partial charge in [-0.1, -0.05) is 114 Å². The maximum absolute atomic E-state index is 13.5. The number of nitrogens with one attached hydrogen (secondary N) is 2. The zero-order valence-electron chi connectivity index (χ0n) is 24.0. The van der Waals surface area contributed by atoms with E-state index >= 15 is 0 Å². The molecule has 2 N–H and O–H groups in total. The normalized spacial score (nSPS) is 15.1. The van der Waals surface area contributed by atoms with E-state index in [4.69, 9.17) is 0 Å². The Labute approximate surface area is 233 Å². The molecule has 5 rings (SSSR count). The standard InChI is InChI=1S/C35H43N3O/c1-25(2)28-17-13-18-29(26(3)4)33(28)37-34(39)36-24-35(20-11-6-12-21-35)31-23-38(22-27-14-7-5-8-15-27)32-19-10-9-16-30(31)32/h5,7-10,13-19,23,25-26H,6,11-12,20-22,24H2,1-4H3,(H2,36,37,39). The van der Waals surface area contributed by atoms with Gasteiger partial charge in [0.1, 0.15) is 0 Å². The number of nitrogens with zero attached hydrogens (tertiary/aromatic N) is 1. The maximum Gasteiger partial charge on any atom is 0.319 e. The van der Waals surface area contributed by atoms with Crippen LogP contribution in [0.5, 0.6) is 0 Å².